The normalized spacial score (nSPS) is 24.9. The molecule has 3 nitrogen and oxygen atoms in total. The highest BCUT2D eigenvalue weighted by Gasteiger charge is 2.33. The van der Waals surface area contributed by atoms with E-state index in [1.807, 2.05) is 0 Å². The highest BCUT2D eigenvalue weighted by Crippen LogP contribution is 2.42. The number of fused-ring (bicyclic) bond motifs is 1. The molecule has 1 heterocycles. The Bertz CT molecular complexity index is 341. The maximum absolute atomic E-state index is 5.69. The van der Waals surface area contributed by atoms with Crippen molar-refractivity contribution in [1.29, 1.82) is 0 Å². The molecule has 0 amide bonds. The van der Waals surface area contributed by atoms with Gasteiger partial charge in [-0.25, -0.2) is 0 Å². The van der Waals surface area contributed by atoms with Crippen LogP contribution < -0.4 is 5.73 Å². The monoisotopic (exact) mass is 207 g/mol. The van der Waals surface area contributed by atoms with Gasteiger partial charge in [0.05, 0.1) is 5.69 Å². The first kappa shape index (κ1) is 10.7. The van der Waals surface area contributed by atoms with Crippen LogP contribution >= 0.6 is 0 Å². The molecule has 0 saturated carbocycles. The number of nitrogens with one attached hydrogen (secondary N) is 1. The summed E-state index contributed by atoms with van der Waals surface area (Å²) >= 11 is 0. The van der Waals surface area contributed by atoms with Crippen molar-refractivity contribution < 1.29 is 0 Å². The van der Waals surface area contributed by atoms with Gasteiger partial charge in [-0.05, 0) is 42.7 Å². The molecule has 3 heteroatoms. The van der Waals surface area contributed by atoms with Crippen LogP contribution in [0.2, 0.25) is 0 Å². The molecule has 15 heavy (non-hydrogen) atoms. The van der Waals surface area contributed by atoms with Crippen molar-refractivity contribution in [2.45, 2.75) is 45.4 Å². The number of nitrogens with two attached hydrogens (primary N) is 1. The number of aromatic nitrogens is 2. The Morgan fingerprint density at radius 2 is 2.27 bits per heavy atom. The SMILES string of the molecule is CC(C)c1n[nH]c2c1C(CCN)C(C)C2. The van der Waals surface area contributed by atoms with E-state index in [-0.39, 0.29) is 0 Å². The molecule has 2 rings (SSSR count). The van der Waals surface area contributed by atoms with Gasteiger partial charge in [-0.15, -0.1) is 0 Å². The molecule has 1 aromatic rings. The average molecular weight is 207 g/mol. The standard InChI is InChI=1S/C12H21N3/c1-7(2)12-11-9(4-5-13)8(3)6-10(11)14-15-12/h7-9H,4-6,13H2,1-3H3,(H,14,15). The largest absolute Gasteiger partial charge is 0.330 e. The van der Waals surface area contributed by atoms with E-state index in [1.165, 1.54) is 17.0 Å². The lowest BCUT2D eigenvalue weighted by Gasteiger charge is -2.17. The van der Waals surface area contributed by atoms with Gasteiger partial charge in [0.15, 0.2) is 0 Å². The summed E-state index contributed by atoms with van der Waals surface area (Å²) in [7, 11) is 0. The van der Waals surface area contributed by atoms with Crippen LogP contribution in [0.15, 0.2) is 0 Å². The second-order valence-electron chi connectivity index (χ2n) is 5.02. The zero-order valence-electron chi connectivity index (χ0n) is 9.88. The summed E-state index contributed by atoms with van der Waals surface area (Å²) in [5, 5.41) is 7.63. The van der Waals surface area contributed by atoms with E-state index in [9.17, 15) is 0 Å². The molecule has 0 fully saturated rings. The van der Waals surface area contributed by atoms with Crippen LogP contribution in [0.25, 0.3) is 0 Å². The lowest BCUT2D eigenvalue weighted by Crippen LogP contribution is -2.12. The third kappa shape index (κ3) is 1.69. The van der Waals surface area contributed by atoms with Crippen molar-refractivity contribution in [2.24, 2.45) is 11.7 Å². The number of hydrogen-bond donors (Lipinski definition) is 2. The molecule has 1 aliphatic carbocycles. The zero-order valence-corrected chi connectivity index (χ0v) is 9.88. The minimum atomic E-state index is 0.510. The Balaban J connectivity index is 2.35. The van der Waals surface area contributed by atoms with Crippen LogP contribution in [-0.4, -0.2) is 16.7 Å². The molecular formula is C12H21N3. The molecular weight excluding hydrogens is 186 g/mol. The predicted octanol–water partition coefficient (Wildman–Crippen LogP) is 2.16. The van der Waals surface area contributed by atoms with Crippen LogP contribution in [0.1, 0.15) is 56.0 Å². The number of nitrogens with zero attached hydrogens (tertiary/aromatic N) is 1. The molecule has 1 aliphatic rings. The molecule has 84 valence electrons. The van der Waals surface area contributed by atoms with Crippen LogP contribution in [0.3, 0.4) is 0 Å². The maximum Gasteiger partial charge on any atom is 0.0685 e. The molecule has 0 spiro atoms. The molecule has 0 saturated heterocycles. The first-order chi connectivity index (χ1) is 7.15. The van der Waals surface area contributed by atoms with Crippen molar-refractivity contribution in [1.82, 2.24) is 10.2 Å². The molecule has 2 unspecified atom stereocenters. The Kier molecular flexibility index (Phi) is 2.83. The quantitative estimate of drug-likeness (QED) is 0.798. The molecule has 3 N–H and O–H groups in total. The van der Waals surface area contributed by atoms with Crippen LogP contribution in [0.5, 0.6) is 0 Å². The van der Waals surface area contributed by atoms with Crippen molar-refractivity contribution in [3.8, 4) is 0 Å². The smallest absolute Gasteiger partial charge is 0.0685 e. The van der Waals surface area contributed by atoms with E-state index in [0.29, 0.717) is 11.8 Å². The first-order valence-corrected chi connectivity index (χ1v) is 5.92. The van der Waals surface area contributed by atoms with Crippen molar-refractivity contribution in [3.63, 3.8) is 0 Å². The summed E-state index contributed by atoms with van der Waals surface area (Å²) in [6.07, 6.45) is 2.23. The minimum absolute atomic E-state index is 0.510. The van der Waals surface area contributed by atoms with Gasteiger partial charge >= 0.3 is 0 Å². The summed E-state index contributed by atoms with van der Waals surface area (Å²) in [5.74, 6) is 1.85. The van der Waals surface area contributed by atoms with E-state index in [2.05, 4.69) is 31.0 Å². The summed E-state index contributed by atoms with van der Waals surface area (Å²) in [6, 6.07) is 0. The van der Waals surface area contributed by atoms with E-state index in [4.69, 9.17) is 5.73 Å². The van der Waals surface area contributed by atoms with Gasteiger partial charge in [0.1, 0.15) is 0 Å². The second kappa shape index (κ2) is 3.97. The minimum Gasteiger partial charge on any atom is -0.330 e. The van der Waals surface area contributed by atoms with Gasteiger partial charge in [-0.2, -0.15) is 5.10 Å². The van der Waals surface area contributed by atoms with Crippen LogP contribution in [0.4, 0.5) is 0 Å². The summed E-state index contributed by atoms with van der Waals surface area (Å²) in [4.78, 5) is 0. The number of aromatic amines is 1. The van der Waals surface area contributed by atoms with Crippen molar-refractivity contribution in [2.75, 3.05) is 6.54 Å². The van der Waals surface area contributed by atoms with Gasteiger partial charge in [-0.3, -0.25) is 5.10 Å². The van der Waals surface area contributed by atoms with E-state index in [0.717, 1.165) is 25.3 Å². The lowest BCUT2D eigenvalue weighted by molar-refractivity contribution is 0.467. The first-order valence-electron chi connectivity index (χ1n) is 5.92. The Hall–Kier alpha value is -0.830. The second-order valence-corrected chi connectivity index (χ2v) is 5.02. The average Bonchev–Trinajstić information content (AvgIpc) is 2.68. The molecule has 2 atom stereocenters. The van der Waals surface area contributed by atoms with E-state index in [1.54, 1.807) is 0 Å². The topological polar surface area (TPSA) is 54.7 Å². The number of hydrogen-bond acceptors (Lipinski definition) is 2. The molecule has 0 aliphatic heterocycles. The molecule has 0 bridgehead atoms. The van der Waals surface area contributed by atoms with Crippen molar-refractivity contribution >= 4 is 0 Å². The fourth-order valence-corrected chi connectivity index (χ4v) is 2.77. The van der Waals surface area contributed by atoms with Gasteiger partial charge < -0.3 is 5.73 Å². The highest BCUT2D eigenvalue weighted by atomic mass is 15.1. The predicted molar refractivity (Wildman–Crippen MR) is 62.0 cm³/mol. The van der Waals surface area contributed by atoms with Gasteiger partial charge in [0, 0.05) is 5.69 Å². The van der Waals surface area contributed by atoms with Crippen LogP contribution in [-0.2, 0) is 6.42 Å². The summed E-state index contributed by atoms with van der Waals surface area (Å²) < 4.78 is 0. The third-order valence-corrected chi connectivity index (χ3v) is 3.52. The number of H-pyrrole nitrogens is 1. The Morgan fingerprint density at radius 3 is 2.87 bits per heavy atom. The Morgan fingerprint density at radius 1 is 1.53 bits per heavy atom. The Labute approximate surface area is 91.4 Å². The zero-order chi connectivity index (χ0) is 11.0. The van der Waals surface area contributed by atoms with Gasteiger partial charge in [-0.1, -0.05) is 20.8 Å². The van der Waals surface area contributed by atoms with E-state index < -0.39 is 0 Å². The summed E-state index contributed by atoms with van der Waals surface area (Å²) in [5.41, 5.74) is 9.78. The van der Waals surface area contributed by atoms with E-state index >= 15 is 0 Å². The highest BCUT2D eigenvalue weighted by molar-refractivity contribution is 5.36. The molecule has 0 aromatic carbocycles. The number of rotatable bonds is 3. The maximum atomic E-state index is 5.69. The molecule has 1 aromatic heterocycles. The lowest BCUT2D eigenvalue weighted by atomic mass is 9.88. The van der Waals surface area contributed by atoms with Crippen LogP contribution in [0, 0.1) is 5.92 Å². The van der Waals surface area contributed by atoms with Gasteiger partial charge in [0.2, 0.25) is 0 Å². The van der Waals surface area contributed by atoms with Crippen molar-refractivity contribution in [3.05, 3.63) is 17.0 Å². The summed E-state index contributed by atoms with van der Waals surface area (Å²) in [6.45, 7) is 7.51. The van der Waals surface area contributed by atoms with Gasteiger partial charge in [0.25, 0.3) is 0 Å². The molecule has 0 radical (unpaired) electrons. The fraction of sp³-hybridized carbons (Fsp3) is 0.750. The third-order valence-electron chi connectivity index (χ3n) is 3.52. The fourth-order valence-electron chi connectivity index (χ4n) is 2.77.